The Morgan fingerprint density at radius 1 is 1.00 bits per heavy atom. The first-order valence-electron chi connectivity index (χ1n) is 5.95. The molecule has 0 aromatic rings. The summed E-state index contributed by atoms with van der Waals surface area (Å²) in [6, 6.07) is 0. The fraction of sp³-hybridized carbons (Fsp3) is 1.00. The highest BCUT2D eigenvalue weighted by molar-refractivity contribution is 14.1. The quantitative estimate of drug-likeness (QED) is 0.423. The molecule has 0 unspecified atom stereocenters. The predicted octanol–water partition coefficient (Wildman–Crippen LogP) is 3.37. The van der Waals surface area contributed by atoms with Gasteiger partial charge in [-0.1, -0.05) is 52.1 Å². The van der Waals surface area contributed by atoms with Crippen LogP contribution in [0.25, 0.3) is 0 Å². The molecular weight excluding hydrogens is 398 g/mol. The van der Waals surface area contributed by atoms with E-state index in [0.717, 1.165) is 36.9 Å². The van der Waals surface area contributed by atoms with E-state index >= 15 is 0 Å². The Morgan fingerprint density at radius 3 is 2.50 bits per heavy atom. The monoisotopic (exact) mass is 412 g/mol. The van der Waals surface area contributed by atoms with Crippen molar-refractivity contribution in [3.63, 3.8) is 0 Å². The van der Waals surface area contributed by atoms with Crippen molar-refractivity contribution in [3.8, 4) is 0 Å². The lowest BCUT2D eigenvalue weighted by molar-refractivity contribution is 0.0703. The third kappa shape index (κ3) is 0.519. The van der Waals surface area contributed by atoms with E-state index in [9.17, 15) is 0 Å². The lowest BCUT2D eigenvalue weighted by Crippen LogP contribution is -2.37. The number of hydrogen-bond acceptors (Lipinski definition) is 0. The van der Waals surface area contributed by atoms with Gasteiger partial charge < -0.3 is 0 Å². The van der Waals surface area contributed by atoms with Crippen molar-refractivity contribution in [3.05, 3.63) is 0 Å². The number of halogens is 2. The Balaban J connectivity index is 1.88. The molecule has 6 rings (SSSR count). The molecule has 6 fully saturated rings. The van der Waals surface area contributed by atoms with Crippen LogP contribution in [-0.2, 0) is 0 Å². The van der Waals surface area contributed by atoms with E-state index in [1.54, 1.807) is 6.42 Å². The summed E-state index contributed by atoms with van der Waals surface area (Å²) in [6.07, 6.45) is 1.63. The van der Waals surface area contributed by atoms with Gasteiger partial charge in [0.1, 0.15) is 0 Å². The number of hydrogen-bond donors (Lipinski definition) is 0. The fourth-order valence-electron chi connectivity index (χ4n) is 6.99. The van der Waals surface area contributed by atoms with Crippen LogP contribution in [0.5, 0.6) is 0 Å². The molecule has 14 heavy (non-hydrogen) atoms. The lowest BCUT2D eigenvalue weighted by atomic mass is 9.64. The summed E-state index contributed by atoms with van der Waals surface area (Å²) in [5, 5.41) is 0. The normalized spacial score (nSPS) is 85.5. The molecule has 0 radical (unpaired) electrons. The minimum atomic E-state index is 0.782. The van der Waals surface area contributed by atoms with Crippen LogP contribution < -0.4 is 0 Å². The number of rotatable bonds is 0. The van der Waals surface area contributed by atoms with Gasteiger partial charge in [0.15, 0.2) is 0 Å². The van der Waals surface area contributed by atoms with Crippen molar-refractivity contribution in [2.45, 2.75) is 21.2 Å². The van der Waals surface area contributed by atoms with Crippen LogP contribution in [0.15, 0.2) is 0 Å². The molecule has 6 aliphatic carbocycles. The first-order valence-corrected chi connectivity index (χ1v) is 8.44. The van der Waals surface area contributed by atoms with Crippen LogP contribution in [-0.4, -0.2) is 7.85 Å². The maximum absolute atomic E-state index is 2.82. The maximum Gasteiger partial charge on any atom is 0.0203 e. The Bertz CT molecular complexity index is 348. The summed E-state index contributed by atoms with van der Waals surface area (Å²) in [4.78, 5) is 0. The third-order valence-corrected chi connectivity index (χ3v) is 10.6. The van der Waals surface area contributed by atoms with Crippen LogP contribution >= 0.6 is 45.2 Å². The Kier molecular flexibility index (Phi) is 1.27. The van der Waals surface area contributed by atoms with Gasteiger partial charge in [0.25, 0.3) is 0 Å². The highest BCUT2D eigenvalue weighted by atomic mass is 127. The standard InChI is InChI=1S/C12H14I2/c1-12-8-4-2-3-5(6(4)11(12)14)9(12)10(13)7(3)8/h3-11H,2H2,1H3/t3-,4-,5-,6+,7+,8+,9-,10+,11+,12+/m0/s1. The zero-order valence-electron chi connectivity index (χ0n) is 8.16. The van der Waals surface area contributed by atoms with Crippen LogP contribution in [0.1, 0.15) is 13.3 Å². The fourth-order valence-corrected chi connectivity index (χ4v) is 11.1. The van der Waals surface area contributed by atoms with E-state index in [4.69, 9.17) is 0 Å². The van der Waals surface area contributed by atoms with Crippen LogP contribution in [0.2, 0.25) is 0 Å². The van der Waals surface area contributed by atoms with Gasteiger partial charge in [-0.2, -0.15) is 0 Å². The lowest BCUT2D eigenvalue weighted by Gasteiger charge is -2.40. The summed E-state index contributed by atoms with van der Waals surface area (Å²) in [7, 11) is 0. The molecule has 0 heterocycles. The molecule has 6 aliphatic rings. The second kappa shape index (κ2) is 2.08. The topological polar surface area (TPSA) is 0 Å². The van der Waals surface area contributed by atoms with Crippen LogP contribution in [0.4, 0.5) is 0 Å². The first-order chi connectivity index (χ1) is 6.67. The van der Waals surface area contributed by atoms with Crippen molar-refractivity contribution < 1.29 is 0 Å². The smallest absolute Gasteiger partial charge is 0.0203 e. The predicted molar refractivity (Wildman–Crippen MR) is 72.8 cm³/mol. The van der Waals surface area contributed by atoms with E-state index in [1.807, 2.05) is 0 Å². The summed E-state index contributed by atoms with van der Waals surface area (Å²) in [6.45, 7) is 2.65. The summed E-state index contributed by atoms with van der Waals surface area (Å²) in [5.74, 6) is 8.18. The minimum Gasteiger partial charge on any atom is -0.0820 e. The summed E-state index contributed by atoms with van der Waals surface area (Å²) in [5.41, 5.74) is 0.782. The van der Waals surface area contributed by atoms with Gasteiger partial charge in [-0.25, -0.2) is 0 Å². The van der Waals surface area contributed by atoms with Crippen LogP contribution in [0.3, 0.4) is 0 Å². The molecular formula is C12H14I2. The van der Waals surface area contributed by atoms with Crippen molar-refractivity contribution in [1.29, 1.82) is 0 Å². The molecule has 0 aromatic carbocycles. The molecule has 0 spiro atoms. The van der Waals surface area contributed by atoms with Gasteiger partial charge in [0.05, 0.1) is 0 Å². The van der Waals surface area contributed by atoms with Crippen molar-refractivity contribution in [2.24, 2.45) is 46.8 Å². The average molecular weight is 412 g/mol. The van der Waals surface area contributed by atoms with Gasteiger partial charge in [0.2, 0.25) is 0 Å². The van der Waals surface area contributed by atoms with Crippen molar-refractivity contribution >= 4 is 45.2 Å². The SMILES string of the molecule is C[C@@]12[C@@H]3[C@H](I)[C@@H]4[C@H]5C[C@@H]([C@H]([C@H]53)[C@H]1I)[C@H]42. The van der Waals surface area contributed by atoms with E-state index in [1.165, 1.54) is 17.8 Å². The molecule has 0 saturated heterocycles. The molecule has 6 bridgehead atoms. The van der Waals surface area contributed by atoms with Crippen molar-refractivity contribution in [1.82, 2.24) is 0 Å². The van der Waals surface area contributed by atoms with E-state index in [0.29, 0.717) is 0 Å². The average Bonchev–Trinajstić information content (AvgIpc) is 2.81. The molecule has 10 atom stereocenters. The molecule has 0 aromatic heterocycles. The largest absolute Gasteiger partial charge is 0.0820 e. The molecule has 6 saturated carbocycles. The van der Waals surface area contributed by atoms with Gasteiger partial charge in [-0.15, -0.1) is 0 Å². The highest BCUT2D eigenvalue weighted by Gasteiger charge is 2.86. The molecule has 0 aliphatic heterocycles. The zero-order chi connectivity index (χ0) is 9.40. The first kappa shape index (κ1) is 8.54. The van der Waals surface area contributed by atoms with E-state index < -0.39 is 0 Å². The Morgan fingerprint density at radius 2 is 1.79 bits per heavy atom. The zero-order valence-corrected chi connectivity index (χ0v) is 12.5. The van der Waals surface area contributed by atoms with Gasteiger partial charge in [0, 0.05) is 7.85 Å². The van der Waals surface area contributed by atoms with E-state index in [2.05, 4.69) is 52.1 Å². The summed E-state index contributed by atoms with van der Waals surface area (Å²) >= 11 is 5.64. The van der Waals surface area contributed by atoms with E-state index in [-0.39, 0.29) is 0 Å². The van der Waals surface area contributed by atoms with Gasteiger partial charge >= 0.3 is 0 Å². The molecule has 76 valence electrons. The second-order valence-corrected chi connectivity index (χ2v) is 9.34. The van der Waals surface area contributed by atoms with Crippen LogP contribution in [0, 0.1) is 46.8 Å². The maximum atomic E-state index is 2.82. The number of alkyl halides is 2. The molecule has 0 N–H and O–H groups in total. The highest BCUT2D eigenvalue weighted by Crippen LogP contribution is 2.89. The van der Waals surface area contributed by atoms with Gasteiger partial charge in [-0.05, 0) is 53.3 Å². The van der Waals surface area contributed by atoms with Gasteiger partial charge in [-0.3, -0.25) is 0 Å². The second-order valence-electron chi connectivity index (χ2n) is 6.56. The van der Waals surface area contributed by atoms with Crippen molar-refractivity contribution in [2.75, 3.05) is 0 Å². The minimum absolute atomic E-state index is 0.782. The Hall–Kier alpha value is 1.46. The molecule has 2 heteroatoms. The summed E-state index contributed by atoms with van der Waals surface area (Å²) < 4.78 is 2.10. The third-order valence-electron chi connectivity index (χ3n) is 6.84. The molecule has 0 amide bonds. The molecule has 0 nitrogen and oxygen atoms in total. The Labute approximate surface area is 112 Å².